The van der Waals surface area contributed by atoms with Crippen LogP contribution in [0.4, 0.5) is 5.69 Å². The molecule has 2 amide bonds. The Hall–Kier alpha value is -3.01. The molecule has 0 radical (unpaired) electrons. The van der Waals surface area contributed by atoms with Crippen molar-refractivity contribution in [1.29, 1.82) is 0 Å². The molecule has 0 saturated carbocycles. The number of hydrogen-bond acceptors (Lipinski definition) is 7. The van der Waals surface area contributed by atoms with Crippen LogP contribution in [0.2, 0.25) is 0 Å². The first-order valence-electron chi connectivity index (χ1n) is 7.17. The standard InChI is InChI=1S/C14H16N4O6/c19-12-4-3-10(18(22)23)6-9(12)7-16-17-14(21)13(20)15-8-11-2-1-5-24-11/h3-4,6-7,11,19H,1-2,5,8H2,(H,15,20)(H,17,21)/b16-7+. The molecule has 2 rings (SSSR count). The highest BCUT2D eigenvalue weighted by atomic mass is 16.6. The maximum Gasteiger partial charge on any atom is 0.329 e. The van der Waals surface area contributed by atoms with Gasteiger partial charge in [-0.25, -0.2) is 5.43 Å². The minimum absolute atomic E-state index is 0.0317. The Balaban J connectivity index is 1.86. The molecular formula is C14H16N4O6. The van der Waals surface area contributed by atoms with Gasteiger partial charge in [0.25, 0.3) is 5.69 Å². The molecule has 0 aromatic heterocycles. The maximum atomic E-state index is 11.6. The van der Waals surface area contributed by atoms with E-state index in [9.17, 15) is 24.8 Å². The van der Waals surface area contributed by atoms with Gasteiger partial charge in [-0.1, -0.05) is 0 Å². The molecule has 10 heteroatoms. The highest BCUT2D eigenvalue weighted by Gasteiger charge is 2.19. The number of carbonyl (C=O) groups is 2. The first-order valence-corrected chi connectivity index (χ1v) is 7.17. The zero-order valence-corrected chi connectivity index (χ0v) is 12.6. The number of nitrogens with zero attached hydrogens (tertiary/aromatic N) is 2. The van der Waals surface area contributed by atoms with E-state index < -0.39 is 16.7 Å². The number of hydrazone groups is 1. The number of carbonyl (C=O) groups excluding carboxylic acids is 2. The first-order chi connectivity index (χ1) is 11.5. The molecule has 1 aliphatic rings. The summed E-state index contributed by atoms with van der Waals surface area (Å²) in [7, 11) is 0. The smallest absolute Gasteiger partial charge is 0.329 e. The Kier molecular flexibility index (Phi) is 5.79. The first kappa shape index (κ1) is 17.3. The lowest BCUT2D eigenvalue weighted by molar-refractivity contribution is -0.384. The van der Waals surface area contributed by atoms with Gasteiger partial charge in [0.15, 0.2) is 0 Å². The van der Waals surface area contributed by atoms with Crippen molar-refractivity contribution >= 4 is 23.7 Å². The van der Waals surface area contributed by atoms with E-state index in [1.54, 1.807) is 0 Å². The Morgan fingerprint density at radius 2 is 2.25 bits per heavy atom. The molecular weight excluding hydrogens is 320 g/mol. The van der Waals surface area contributed by atoms with Crippen molar-refractivity contribution < 1.29 is 24.4 Å². The lowest BCUT2D eigenvalue weighted by Gasteiger charge is -2.09. The van der Waals surface area contributed by atoms with Crippen LogP contribution in [0.3, 0.4) is 0 Å². The van der Waals surface area contributed by atoms with Crippen LogP contribution in [0.5, 0.6) is 5.75 Å². The van der Waals surface area contributed by atoms with E-state index in [-0.39, 0.29) is 29.6 Å². The molecule has 1 aromatic rings. The highest BCUT2D eigenvalue weighted by Crippen LogP contribution is 2.21. The molecule has 24 heavy (non-hydrogen) atoms. The second kappa shape index (κ2) is 8.02. The molecule has 3 N–H and O–H groups in total. The predicted molar refractivity (Wildman–Crippen MR) is 82.5 cm³/mol. The number of amides is 2. The number of benzene rings is 1. The van der Waals surface area contributed by atoms with Crippen LogP contribution < -0.4 is 10.7 Å². The van der Waals surface area contributed by atoms with Gasteiger partial charge >= 0.3 is 11.8 Å². The van der Waals surface area contributed by atoms with Crippen molar-refractivity contribution in [2.75, 3.05) is 13.2 Å². The van der Waals surface area contributed by atoms with Gasteiger partial charge in [-0.3, -0.25) is 19.7 Å². The van der Waals surface area contributed by atoms with Crippen molar-refractivity contribution in [3.05, 3.63) is 33.9 Å². The summed E-state index contributed by atoms with van der Waals surface area (Å²) in [4.78, 5) is 33.1. The van der Waals surface area contributed by atoms with Gasteiger partial charge in [0.05, 0.1) is 17.2 Å². The van der Waals surface area contributed by atoms with Crippen molar-refractivity contribution in [3.63, 3.8) is 0 Å². The third-order valence-electron chi connectivity index (χ3n) is 3.31. The van der Waals surface area contributed by atoms with Gasteiger partial charge in [-0.2, -0.15) is 5.10 Å². The molecule has 1 unspecified atom stereocenters. The van der Waals surface area contributed by atoms with Gasteiger partial charge in [-0.15, -0.1) is 0 Å². The van der Waals surface area contributed by atoms with Crippen molar-refractivity contribution in [1.82, 2.24) is 10.7 Å². The summed E-state index contributed by atoms with van der Waals surface area (Å²) in [6, 6.07) is 3.35. The fourth-order valence-corrected chi connectivity index (χ4v) is 2.06. The molecule has 1 aliphatic heterocycles. The number of phenolic OH excluding ortho intramolecular Hbond substituents is 1. The zero-order chi connectivity index (χ0) is 17.5. The molecule has 1 saturated heterocycles. The van der Waals surface area contributed by atoms with E-state index in [1.807, 2.05) is 5.43 Å². The van der Waals surface area contributed by atoms with Crippen LogP contribution in [0.15, 0.2) is 23.3 Å². The van der Waals surface area contributed by atoms with E-state index >= 15 is 0 Å². The number of non-ortho nitro benzene ring substituents is 1. The number of rotatable bonds is 5. The molecule has 1 aromatic carbocycles. The average molecular weight is 336 g/mol. The van der Waals surface area contributed by atoms with E-state index in [0.717, 1.165) is 37.3 Å². The average Bonchev–Trinajstić information content (AvgIpc) is 3.07. The van der Waals surface area contributed by atoms with Gasteiger partial charge in [0, 0.05) is 30.8 Å². The Morgan fingerprint density at radius 3 is 2.92 bits per heavy atom. The third-order valence-corrected chi connectivity index (χ3v) is 3.31. The number of aromatic hydroxyl groups is 1. The van der Waals surface area contributed by atoms with Gasteiger partial charge < -0.3 is 15.2 Å². The minimum atomic E-state index is -0.992. The summed E-state index contributed by atoms with van der Waals surface area (Å²) >= 11 is 0. The SMILES string of the molecule is O=C(NCC1CCCO1)C(=O)N/N=C/c1cc([N+](=O)[O-])ccc1O. The largest absolute Gasteiger partial charge is 0.507 e. The van der Waals surface area contributed by atoms with E-state index in [4.69, 9.17) is 4.74 Å². The summed E-state index contributed by atoms with van der Waals surface area (Å²) < 4.78 is 5.31. The molecule has 0 bridgehead atoms. The van der Waals surface area contributed by atoms with Crippen LogP contribution in [0.1, 0.15) is 18.4 Å². The van der Waals surface area contributed by atoms with Gasteiger partial charge in [-0.05, 0) is 18.9 Å². The number of nitro groups is 1. The normalized spacial score (nSPS) is 16.9. The maximum absolute atomic E-state index is 11.6. The van der Waals surface area contributed by atoms with Crippen molar-refractivity contribution in [2.45, 2.75) is 18.9 Å². The zero-order valence-electron chi connectivity index (χ0n) is 12.6. The topological polar surface area (TPSA) is 143 Å². The lowest BCUT2D eigenvalue weighted by atomic mass is 10.2. The molecule has 1 heterocycles. The van der Waals surface area contributed by atoms with Crippen molar-refractivity contribution in [2.24, 2.45) is 5.10 Å². The number of nitrogens with one attached hydrogen (secondary N) is 2. The number of phenols is 1. The van der Waals surface area contributed by atoms with E-state index in [0.29, 0.717) is 6.61 Å². The van der Waals surface area contributed by atoms with Gasteiger partial charge in [0.2, 0.25) is 0 Å². The number of hydrogen-bond donors (Lipinski definition) is 3. The molecule has 0 aliphatic carbocycles. The van der Waals surface area contributed by atoms with Crippen LogP contribution in [0, 0.1) is 10.1 Å². The number of nitro benzene ring substituents is 1. The molecule has 128 valence electrons. The summed E-state index contributed by atoms with van der Waals surface area (Å²) in [6.07, 6.45) is 2.66. The van der Waals surface area contributed by atoms with Crippen LogP contribution >= 0.6 is 0 Å². The monoisotopic (exact) mass is 336 g/mol. The molecule has 10 nitrogen and oxygen atoms in total. The summed E-state index contributed by atoms with van der Waals surface area (Å²) in [5, 5.41) is 26.2. The second-order valence-corrected chi connectivity index (χ2v) is 5.04. The lowest BCUT2D eigenvalue weighted by Crippen LogP contribution is -2.41. The van der Waals surface area contributed by atoms with E-state index in [2.05, 4.69) is 10.4 Å². The van der Waals surface area contributed by atoms with Gasteiger partial charge in [0.1, 0.15) is 5.75 Å². The Labute approximate surface area is 136 Å². The fourth-order valence-electron chi connectivity index (χ4n) is 2.06. The summed E-state index contributed by atoms with van der Waals surface area (Å²) in [5.74, 6) is -2.11. The van der Waals surface area contributed by atoms with Crippen LogP contribution in [-0.4, -0.2) is 47.3 Å². The Morgan fingerprint density at radius 1 is 1.46 bits per heavy atom. The van der Waals surface area contributed by atoms with Crippen LogP contribution in [0.25, 0.3) is 0 Å². The highest BCUT2D eigenvalue weighted by molar-refractivity contribution is 6.35. The number of ether oxygens (including phenoxy) is 1. The Bertz CT molecular complexity index is 669. The van der Waals surface area contributed by atoms with E-state index in [1.165, 1.54) is 0 Å². The predicted octanol–water partition coefficient (Wildman–Crippen LogP) is 0.0457. The summed E-state index contributed by atoms with van der Waals surface area (Å²) in [6.45, 7) is 0.880. The molecule has 1 atom stereocenters. The van der Waals surface area contributed by atoms with Crippen LogP contribution in [-0.2, 0) is 14.3 Å². The van der Waals surface area contributed by atoms with Crippen molar-refractivity contribution in [3.8, 4) is 5.75 Å². The minimum Gasteiger partial charge on any atom is -0.507 e. The molecule has 1 fully saturated rings. The quantitative estimate of drug-likeness (QED) is 0.300. The molecule has 0 spiro atoms. The fraction of sp³-hybridized carbons (Fsp3) is 0.357. The summed E-state index contributed by atoms with van der Waals surface area (Å²) in [5.41, 5.74) is 1.77. The third kappa shape index (κ3) is 4.74. The second-order valence-electron chi connectivity index (χ2n) is 5.04.